The van der Waals surface area contributed by atoms with E-state index in [1.165, 1.54) is 37.3 Å². The molecule has 1 aliphatic rings. The molecule has 1 atom stereocenters. The van der Waals surface area contributed by atoms with Crippen LogP contribution in [0.25, 0.3) is 0 Å². The second kappa shape index (κ2) is 15.2. The molecule has 0 spiro atoms. The molecule has 0 aromatic heterocycles. The van der Waals surface area contributed by atoms with Gasteiger partial charge in [-0.2, -0.15) is 0 Å². The largest absolute Gasteiger partial charge is 0.497 e. The number of nitrogens with zero attached hydrogens (tertiary/aromatic N) is 2. The summed E-state index contributed by atoms with van der Waals surface area (Å²) in [5.74, 6) is -0.308. The number of carbonyl (C=O) groups excluding carboxylic acids is 2. The summed E-state index contributed by atoms with van der Waals surface area (Å²) in [4.78, 5) is 29.5. The third kappa shape index (κ3) is 8.23. The Hall–Kier alpha value is -3.47. The van der Waals surface area contributed by atoms with Crippen LogP contribution in [0.5, 0.6) is 11.5 Å². The first kappa shape index (κ1) is 34.4. The van der Waals surface area contributed by atoms with Gasteiger partial charge in [0.2, 0.25) is 11.8 Å². The van der Waals surface area contributed by atoms with Crippen molar-refractivity contribution in [3.8, 4) is 11.5 Å². The first-order valence-electron chi connectivity index (χ1n) is 14.8. The number of aryl methyl sites for hydroxylation is 1. The highest BCUT2D eigenvalue weighted by molar-refractivity contribution is 7.92. The predicted octanol–water partition coefficient (Wildman–Crippen LogP) is 6.38. The van der Waals surface area contributed by atoms with E-state index in [0.29, 0.717) is 27.8 Å². The molecule has 4 rings (SSSR count). The number of sulfonamides is 1. The summed E-state index contributed by atoms with van der Waals surface area (Å²) in [6.07, 6.45) is 4.09. The van der Waals surface area contributed by atoms with E-state index in [1.54, 1.807) is 42.5 Å². The van der Waals surface area contributed by atoms with E-state index in [0.717, 1.165) is 35.6 Å². The lowest BCUT2D eigenvalue weighted by Gasteiger charge is -2.34. The molecule has 0 aliphatic heterocycles. The summed E-state index contributed by atoms with van der Waals surface area (Å²) >= 11 is 12.7. The Bertz CT molecular complexity index is 1610. The van der Waals surface area contributed by atoms with Crippen LogP contribution in [-0.2, 0) is 26.2 Å². The maximum Gasteiger partial charge on any atom is 0.264 e. The number of hydrogen-bond acceptors (Lipinski definition) is 6. The molecular formula is C33H39Cl2N3O6S. The van der Waals surface area contributed by atoms with Gasteiger partial charge >= 0.3 is 0 Å². The van der Waals surface area contributed by atoms with E-state index >= 15 is 0 Å². The van der Waals surface area contributed by atoms with Crippen LogP contribution < -0.4 is 19.1 Å². The van der Waals surface area contributed by atoms with Gasteiger partial charge in [-0.1, -0.05) is 66.7 Å². The molecule has 3 aromatic carbocycles. The minimum atomic E-state index is -4.31. The van der Waals surface area contributed by atoms with E-state index in [2.05, 4.69) is 5.32 Å². The van der Waals surface area contributed by atoms with E-state index in [-0.39, 0.29) is 34.8 Å². The van der Waals surface area contributed by atoms with Crippen molar-refractivity contribution >= 4 is 50.7 Å². The minimum absolute atomic E-state index is 0.0101. The SMILES string of the molecule is CC[C@@H](C(=O)NC1CCCC1)N(Cc1ccc(Cl)cc1Cl)C(=O)CN(c1cc(OC)ccc1OC)S(=O)(=O)c1ccc(C)cc1. The number of nitrogens with one attached hydrogen (secondary N) is 1. The molecule has 0 unspecified atom stereocenters. The van der Waals surface area contributed by atoms with E-state index in [4.69, 9.17) is 32.7 Å². The second-order valence-corrected chi connectivity index (χ2v) is 13.7. The molecule has 242 valence electrons. The van der Waals surface area contributed by atoms with E-state index < -0.39 is 28.5 Å². The van der Waals surface area contributed by atoms with Crippen molar-refractivity contribution in [2.24, 2.45) is 0 Å². The van der Waals surface area contributed by atoms with Gasteiger partial charge < -0.3 is 19.7 Å². The lowest BCUT2D eigenvalue weighted by molar-refractivity contribution is -0.140. The molecule has 1 saturated carbocycles. The molecule has 1 N–H and O–H groups in total. The van der Waals surface area contributed by atoms with Crippen molar-refractivity contribution in [2.45, 2.75) is 69.5 Å². The third-order valence-electron chi connectivity index (χ3n) is 7.99. The summed E-state index contributed by atoms with van der Waals surface area (Å²) in [5.41, 5.74) is 1.55. The predicted molar refractivity (Wildman–Crippen MR) is 177 cm³/mol. The number of benzene rings is 3. The first-order valence-corrected chi connectivity index (χ1v) is 17.0. The molecule has 0 heterocycles. The minimum Gasteiger partial charge on any atom is -0.497 e. The number of methoxy groups -OCH3 is 2. The second-order valence-electron chi connectivity index (χ2n) is 11.0. The Morgan fingerprint density at radius 2 is 1.67 bits per heavy atom. The number of rotatable bonds is 13. The number of halogens is 2. The Labute approximate surface area is 275 Å². The lowest BCUT2D eigenvalue weighted by atomic mass is 10.1. The highest BCUT2D eigenvalue weighted by Crippen LogP contribution is 2.36. The van der Waals surface area contributed by atoms with Crippen LogP contribution in [0.2, 0.25) is 10.0 Å². The third-order valence-corrected chi connectivity index (χ3v) is 10.3. The van der Waals surface area contributed by atoms with Gasteiger partial charge in [0.05, 0.1) is 24.8 Å². The summed E-state index contributed by atoms with van der Waals surface area (Å²) in [6, 6.07) is 15.1. The standard InChI is InChI=1S/C33H39Cl2N3O6S/c1-5-29(33(40)36-25-8-6-7-9-25)37(20-23-12-13-24(34)18-28(23)35)32(39)21-38(30-19-26(43-3)14-17-31(30)44-4)45(41,42)27-15-10-22(2)11-16-27/h10-19,25,29H,5-9,20-21H2,1-4H3,(H,36,40)/t29-/m0/s1. The van der Waals surface area contributed by atoms with Crippen LogP contribution in [0, 0.1) is 6.92 Å². The molecular weight excluding hydrogens is 637 g/mol. The van der Waals surface area contributed by atoms with Gasteiger partial charge in [0, 0.05) is 28.7 Å². The van der Waals surface area contributed by atoms with Crippen LogP contribution in [0.3, 0.4) is 0 Å². The quantitative estimate of drug-likeness (QED) is 0.225. The van der Waals surface area contributed by atoms with E-state index in [9.17, 15) is 18.0 Å². The number of ether oxygens (including phenoxy) is 2. The Morgan fingerprint density at radius 3 is 2.27 bits per heavy atom. The average Bonchev–Trinajstić information content (AvgIpc) is 3.53. The summed E-state index contributed by atoms with van der Waals surface area (Å²) in [7, 11) is -1.43. The maximum atomic E-state index is 14.4. The molecule has 1 fully saturated rings. The molecule has 45 heavy (non-hydrogen) atoms. The van der Waals surface area contributed by atoms with Crippen molar-refractivity contribution < 1.29 is 27.5 Å². The fourth-order valence-corrected chi connectivity index (χ4v) is 7.35. The molecule has 2 amide bonds. The smallest absolute Gasteiger partial charge is 0.264 e. The average molecular weight is 677 g/mol. The highest BCUT2D eigenvalue weighted by atomic mass is 35.5. The molecule has 0 bridgehead atoms. The zero-order valence-electron chi connectivity index (χ0n) is 25.9. The number of amides is 2. The van der Waals surface area contributed by atoms with Gasteiger partial charge in [-0.05, 0) is 68.1 Å². The van der Waals surface area contributed by atoms with Gasteiger partial charge in [0.15, 0.2) is 0 Å². The van der Waals surface area contributed by atoms with Gasteiger partial charge in [-0.25, -0.2) is 8.42 Å². The van der Waals surface area contributed by atoms with Crippen LogP contribution in [0.1, 0.15) is 50.2 Å². The molecule has 1 aliphatic carbocycles. The van der Waals surface area contributed by atoms with Crippen molar-refractivity contribution in [2.75, 3.05) is 25.1 Å². The van der Waals surface area contributed by atoms with Crippen LogP contribution in [0.4, 0.5) is 5.69 Å². The van der Waals surface area contributed by atoms with Crippen LogP contribution in [0.15, 0.2) is 65.6 Å². The van der Waals surface area contributed by atoms with E-state index in [1.807, 2.05) is 13.8 Å². The molecule has 9 nitrogen and oxygen atoms in total. The number of anilines is 1. The van der Waals surface area contributed by atoms with Gasteiger partial charge in [0.25, 0.3) is 10.0 Å². The van der Waals surface area contributed by atoms with Crippen molar-refractivity contribution in [1.29, 1.82) is 0 Å². The summed E-state index contributed by atoms with van der Waals surface area (Å²) < 4.78 is 40.5. The van der Waals surface area contributed by atoms with Gasteiger partial charge in [-0.3, -0.25) is 13.9 Å². The normalized spacial score (nSPS) is 14.1. The highest BCUT2D eigenvalue weighted by Gasteiger charge is 2.36. The number of hydrogen-bond donors (Lipinski definition) is 1. The fourth-order valence-electron chi connectivity index (χ4n) is 5.46. The lowest BCUT2D eigenvalue weighted by Crippen LogP contribution is -2.53. The first-order chi connectivity index (χ1) is 21.5. The zero-order valence-corrected chi connectivity index (χ0v) is 28.2. The Kier molecular flexibility index (Phi) is 11.6. The Balaban J connectivity index is 1.80. The molecule has 0 saturated heterocycles. The topological polar surface area (TPSA) is 105 Å². The summed E-state index contributed by atoms with van der Waals surface area (Å²) in [5, 5.41) is 3.85. The van der Waals surface area contributed by atoms with Crippen molar-refractivity contribution in [3.63, 3.8) is 0 Å². The van der Waals surface area contributed by atoms with Crippen LogP contribution in [-0.4, -0.2) is 58.0 Å². The monoisotopic (exact) mass is 675 g/mol. The van der Waals surface area contributed by atoms with Crippen LogP contribution >= 0.6 is 23.2 Å². The Morgan fingerprint density at radius 1 is 0.978 bits per heavy atom. The number of carbonyl (C=O) groups is 2. The molecule has 12 heteroatoms. The van der Waals surface area contributed by atoms with Crippen molar-refractivity contribution in [1.82, 2.24) is 10.2 Å². The molecule has 3 aromatic rings. The zero-order chi connectivity index (χ0) is 32.7. The maximum absolute atomic E-state index is 14.4. The fraction of sp³-hybridized carbons (Fsp3) is 0.394. The van der Waals surface area contributed by atoms with Gasteiger partial charge in [-0.15, -0.1) is 0 Å². The van der Waals surface area contributed by atoms with Gasteiger partial charge in [0.1, 0.15) is 24.1 Å². The van der Waals surface area contributed by atoms with Crippen molar-refractivity contribution in [3.05, 3.63) is 81.8 Å². The summed E-state index contributed by atoms with van der Waals surface area (Å²) in [6.45, 7) is 3.00. The molecule has 0 radical (unpaired) electrons.